The fourth-order valence-corrected chi connectivity index (χ4v) is 3.16. The van der Waals surface area contributed by atoms with E-state index in [-0.39, 0.29) is 5.71 Å². The highest BCUT2D eigenvalue weighted by molar-refractivity contribution is 6.41. The quantitative estimate of drug-likeness (QED) is 0.270. The van der Waals surface area contributed by atoms with Crippen molar-refractivity contribution in [3.8, 4) is 0 Å². The van der Waals surface area contributed by atoms with Gasteiger partial charge in [-0.2, -0.15) is 5.10 Å². The first kappa shape index (κ1) is 24.5. The number of benzene rings is 2. The summed E-state index contributed by atoms with van der Waals surface area (Å²) >= 11 is 0. The van der Waals surface area contributed by atoms with Crippen LogP contribution in [0.2, 0.25) is 0 Å². The maximum Gasteiger partial charge on any atom is 0.335 e. The molecule has 9 nitrogen and oxygen atoms in total. The van der Waals surface area contributed by atoms with E-state index in [0.717, 1.165) is 17.5 Å². The topological polar surface area (TPSA) is 132 Å². The maximum absolute atomic E-state index is 12.7. The number of nitrogens with one attached hydrogen (secondary N) is 4. The molecule has 0 aliphatic heterocycles. The van der Waals surface area contributed by atoms with Crippen molar-refractivity contribution >= 4 is 23.6 Å². The lowest BCUT2D eigenvalue weighted by atomic mass is 9.99. The number of hydrogen-bond acceptors (Lipinski definition) is 5. The van der Waals surface area contributed by atoms with Gasteiger partial charge in [0.25, 0.3) is 5.91 Å². The molecule has 5 N–H and O–H groups in total. The Bertz CT molecular complexity index is 879. The summed E-state index contributed by atoms with van der Waals surface area (Å²) in [5, 5.41) is 21.0. The summed E-state index contributed by atoms with van der Waals surface area (Å²) in [5.41, 5.74) is 4.16. The normalized spacial score (nSPS) is 12.2. The van der Waals surface area contributed by atoms with Crippen LogP contribution < -0.4 is 21.4 Å². The van der Waals surface area contributed by atoms with Crippen LogP contribution in [0.1, 0.15) is 36.9 Å². The van der Waals surface area contributed by atoms with E-state index in [4.69, 9.17) is 5.11 Å². The lowest BCUT2D eigenvalue weighted by Crippen LogP contribution is -2.47. The smallest absolute Gasteiger partial charge is 0.335 e. The molecule has 0 radical (unpaired) electrons. The average molecular weight is 440 g/mol. The third-order valence-electron chi connectivity index (χ3n) is 4.71. The standard InChI is InChI=1S/C23H29N5O4/c1-3-10-18(24-2)21(22(31)25-15-19(29)30)27-28-23(32)26-20(16-11-6-4-7-12-16)17-13-8-5-9-14-17/h4-9,11-14,18,20,24H,3,10,15H2,1-2H3,(H,25,31)(H,29,30)(H2,26,28,32)/b27-21+. The highest BCUT2D eigenvalue weighted by atomic mass is 16.4. The van der Waals surface area contributed by atoms with Gasteiger partial charge in [-0.15, -0.1) is 0 Å². The predicted molar refractivity (Wildman–Crippen MR) is 122 cm³/mol. The van der Waals surface area contributed by atoms with E-state index in [2.05, 4.69) is 26.5 Å². The molecule has 0 heterocycles. The number of nitrogens with zero attached hydrogens (tertiary/aromatic N) is 1. The average Bonchev–Trinajstić information content (AvgIpc) is 2.81. The molecule has 2 aromatic carbocycles. The molecule has 9 heteroatoms. The van der Waals surface area contributed by atoms with E-state index >= 15 is 0 Å². The van der Waals surface area contributed by atoms with E-state index in [9.17, 15) is 14.4 Å². The zero-order valence-electron chi connectivity index (χ0n) is 18.2. The van der Waals surface area contributed by atoms with Gasteiger partial charge in [0.2, 0.25) is 0 Å². The molecular weight excluding hydrogens is 410 g/mol. The number of amides is 3. The SMILES string of the molecule is CCCC(NC)/C(=N\NC(=O)NC(c1ccccc1)c1ccccc1)C(=O)NCC(=O)O. The first-order valence-electron chi connectivity index (χ1n) is 10.4. The minimum atomic E-state index is -1.17. The molecule has 1 unspecified atom stereocenters. The largest absolute Gasteiger partial charge is 0.480 e. The number of carbonyl (C=O) groups excluding carboxylic acids is 2. The van der Waals surface area contributed by atoms with Gasteiger partial charge in [-0.3, -0.25) is 9.59 Å². The maximum atomic E-state index is 12.7. The van der Waals surface area contributed by atoms with Gasteiger partial charge >= 0.3 is 12.0 Å². The highest BCUT2D eigenvalue weighted by Crippen LogP contribution is 2.21. The predicted octanol–water partition coefficient (Wildman–Crippen LogP) is 2.02. The molecule has 0 saturated carbocycles. The van der Waals surface area contributed by atoms with Crippen LogP contribution in [0.15, 0.2) is 65.8 Å². The molecule has 170 valence electrons. The number of carboxylic acids is 1. The van der Waals surface area contributed by atoms with Gasteiger partial charge in [0.15, 0.2) is 0 Å². The molecule has 2 aromatic rings. The van der Waals surface area contributed by atoms with Crippen LogP contribution in [0.5, 0.6) is 0 Å². The van der Waals surface area contributed by atoms with Gasteiger partial charge in [-0.25, -0.2) is 10.2 Å². The molecule has 0 saturated heterocycles. The second-order valence-electron chi connectivity index (χ2n) is 7.04. The van der Waals surface area contributed by atoms with Crippen LogP contribution in [0.3, 0.4) is 0 Å². The van der Waals surface area contributed by atoms with Crippen molar-refractivity contribution in [2.24, 2.45) is 5.10 Å². The fraction of sp³-hybridized carbons (Fsp3) is 0.304. The van der Waals surface area contributed by atoms with E-state index in [1.165, 1.54) is 0 Å². The Kier molecular flexibility index (Phi) is 9.86. The second-order valence-corrected chi connectivity index (χ2v) is 7.04. The van der Waals surface area contributed by atoms with Gasteiger partial charge < -0.3 is 21.1 Å². The van der Waals surface area contributed by atoms with E-state index in [1.807, 2.05) is 67.6 Å². The molecular formula is C23H29N5O4. The van der Waals surface area contributed by atoms with Gasteiger partial charge in [0.05, 0.1) is 12.1 Å². The van der Waals surface area contributed by atoms with Crippen molar-refractivity contribution in [1.82, 2.24) is 21.4 Å². The van der Waals surface area contributed by atoms with Gasteiger partial charge in [-0.05, 0) is 24.6 Å². The molecule has 0 fully saturated rings. The number of hydrogen-bond donors (Lipinski definition) is 5. The first-order chi connectivity index (χ1) is 15.5. The molecule has 1 atom stereocenters. The van der Waals surface area contributed by atoms with Crippen molar-refractivity contribution in [2.45, 2.75) is 31.8 Å². The Hall–Kier alpha value is -3.72. The zero-order valence-corrected chi connectivity index (χ0v) is 18.2. The summed E-state index contributed by atoms with van der Waals surface area (Å²) in [5.74, 6) is -1.84. The van der Waals surface area contributed by atoms with Crippen molar-refractivity contribution < 1.29 is 19.5 Å². The van der Waals surface area contributed by atoms with Gasteiger partial charge in [0.1, 0.15) is 12.3 Å². The lowest BCUT2D eigenvalue weighted by molar-refractivity contribution is -0.137. The number of hydrazone groups is 1. The third kappa shape index (κ3) is 7.51. The highest BCUT2D eigenvalue weighted by Gasteiger charge is 2.23. The van der Waals surface area contributed by atoms with Crippen molar-refractivity contribution in [3.63, 3.8) is 0 Å². The molecule has 2 rings (SSSR count). The first-order valence-corrected chi connectivity index (χ1v) is 10.4. The molecule has 0 bridgehead atoms. The zero-order chi connectivity index (χ0) is 23.3. The summed E-state index contributed by atoms with van der Waals surface area (Å²) in [6.07, 6.45) is 1.34. The second kappa shape index (κ2) is 12.9. The summed E-state index contributed by atoms with van der Waals surface area (Å²) in [4.78, 5) is 36.0. The fourth-order valence-electron chi connectivity index (χ4n) is 3.16. The molecule has 0 aliphatic carbocycles. The lowest BCUT2D eigenvalue weighted by Gasteiger charge is -2.20. The van der Waals surface area contributed by atoms with E-state index in [1.54, 1.807) is 7.05 Å². The monoisotopic (exact) mass is 439 g/mol. The van der Waals surface area contributed by atoms with Crippen molar-refractivity contribution in [3.05, 3.63) is 71.8 Å². The molecule has 0 aromatic heterocycles. The Morgan fingerprint density at radius 2 is 1.53 bits per heavy atom. The molecule has 3 amide bonds. The number of rotatable bonds is 11. The van der Waals surface area contributed by atoms with Crippen LogP contribution in [0.25, 0.3) is 0 Å². The van der Waals surface area contributed by atoms with Crippen LogP contribution in [-0.2, 0) is 9.59 Å². The number of carboxylic acid groups (broad SMARTS) is 1. The van der Waals surface area contributed by atoms with Crippen LogP contribution >= 0.6 is 0 Å². The van der Waals surface area contributed by atoms with E-state index in [0.29, 0.717) is 6.42 Å². The Morgan fingerprint density at radius 3 is 2.00 bits per heavy atom. The summed E-state index contributed by atoms with van der Waals surface area (Å²) < 4.78 is 0. The van der Waals surface area contributed by atoms with Crippen LogP contribution in [-0.4, -0.2) is 48.4 Å². The van der Waals surface area contributed by atoms with Crippen molar-refractivity contribution in [2.75, 3.05) is 13.6 Å². The van der Waals surface area contributed by atoms with E-state index < -0.39 is 36.5 Å². The summed E-state index contributed by atoms with van der Waals surface area (Å²) in [7, 11) is 1.67. The minimum Gasteiger partial charge on any atom is -0.480 e. The Labute approximate surface area is 187 Å². The number of urea groups is 1. The van der Waals surface area contributed by atoms with Crippen LogP contribution in [0, 0.1) is 0 Å². The minimum absolute atomic E-state index is 0.00159. The molecule has 32 heavy (non-hydrogen) atoms. The van der Waals surface area contributed by atoms with Crippen LogP contribution in [0.4, 0.5) is 4.79 Å². The summed E-state index contributed by atoms with van der Waals surface area (Å²) in [6.45, 7) is 1.40. The van der Waals surface area contributed by atoms with Gasteiger partial charge in [0, 0.05) is 0 Å². The van der Waals surface area contributed by atoms with Crippen molar-refractivity contribution in [1.29, 1.82) is 0 Å². The molecule has 0 spiro atoms. The van der Waals surface area contributed by atoms with Gasteiger partial charge in [-0.1, -0.05) is 74.0 Å². The Morgan fingerprint density at radius 1 is 0.969 bits per heavy atom. The number of carbonyl (C=O) groups is 3. The third-order valence-corrected chi connectivity index (χ3v) is 4.71. The summed E-state index contributed by atoms with van der Waals surface area (Å²) in [6, 6.07) is 17.5. The molecule has 0 aliphatic rings. The Balaban J connectivity index is 2.21. The number of aliphatic carboxylic acids is 1.